The van der Waals surface area contributed by atoms with Gasteiger partial charge in [0.25, 0.3) is 0 Å². The number of hydrogen-bond acceptors (Lipinski definition) is 3. The van der Waals surface area contributed by atoms with Gasteiger partial charge in [0.1, 0.15) is 0 Å². The third-order valence-electron chi connectivity index (χ3n) is 4.08. The van der Waals surface area contributed by atoms with Crippen LogP contribution in [0.4, 0.5) is 0 Å². The predicted molar refractivity (Wildman–Crippen MR) is 92.9 cm³/mol. The Balaban J connectivity index is 2.33. The van der Waals surface area contributed by atoms with Crippen LogP contribution in [0.5, 0.6) is 0 Å². The van der Waals surface area contributed by atoms with Crippen LogP contribution in [-0.2, 0) is 6.54 Å². The minimum atomic E-state index is 0.290. The van der Waals surface area contributed by atoms with Crippen molar-refractivity contribution in [3.05, 3.63) is 56.8 Å². The standard InChI is InChI=1S/C18H26N2S/c1-5-20(12-16-7-6-8-21-16)17(11-19)18-14(3)9-13(2)10-15(18)4/h6-10,17H,5,11-12,19H2,1-4H3. The topological polar surface area (TPSA) is 29.3 Å². The van der Waals surface area contributed by atoms with Gasteiger partial charge in [-0.1, -0.05) is 30.7 Å². The number of likely N-dealkylation sites (N-methyl/N-ethyl adjacent to an activating group) is 1. The molecule has 0 fully saturated rings. The van der Waals surface area contributed by atoms with Gasteiger partial charge in [0.15, 0.2) is 0 Å². The van der Waals surface area contributed by atoms with Crippen LogP contribution in [0.3, 0.4) is 0 Å². The monoisotopic (exact) mass is 302 g/mol. The van der Waals surface area contributed by atoms with Gasteiger partial charge in [-0.3, -0.25) is 4.90 Å². The number of nitrogens with two attached hydrogens (primary N) is 1. The van der Waals surface area contributed by atoms with Crippen LogP contribution in [0.2, 0.25) is 0 Å². The zero-order chi connectivity index (χ0) is 15.4. The molecule has 0 amide bonds. The van der Waals surface area contributed by atoms with Crippen molar-refractivity contribution in [3.8, 4) is 0 Å². The van der Waals surface area contributed by atoms with E-state index in [0.717, 1.165) is 13.1 Å². The lowest BCUT2D eigenvalue weighted by molar-refractivity contribution is 0.204. The van der Waals surface area contributed by atoms with E-state index >= 15 is 0 Å². The van der Waals surface area contributed by atoms with Crippen LogP contribution in [-0.4, -0.2) is 18.0 Å². The van der Waals surface area contributed by atoms with Gasteiger partial charge >= 0.3 is 0 Å². The second-order valence-corrected chi connectivity index (χ2v) is 6.74. The summed E-state index contributed by atoms with van der Waals surface area (Å²) in [5.41, 5.74) is 11.6. The predicted octanol–water partition coefficient (Wildman–Crippen LogP) is 4.20. The average Bonchev–Trinajstić information content (AvgIpc) is 2.93. The highest BCUT2D eigenvalue weighted by molar-refractivity contribution is 7.09. The normalized spacial score (nSPS) is 12.9. The molecule has 0 spiro atoms. The van der Waals surface area contributed by atoms with E-state index in [-0.39, 0.29) is 6.04 Å². The van der Waals surface area contributed by atoms with E-state index in [9.17, 15) is 0 Å². The Bertz CT molecular complexity index is 552. The van der Waals surface area contributed by atoms with Gasteiger partial charge < -0.3 is 5.73 Å². The minimum absolute atomic E-state index is 0.290. The van der Waals surface area contributed by atoms with Crippen LogP contribution in [0, 0.1) is 20.8 Å². The fourth-order valence-corrected chi connectivity index (χ4v) is 3.94. The zero-order valence-corrected chi connectivity index (χ0v) is 14.3. The Morgan fingerprint density at radius 2 is 1.86 bits per heavy atom. The quantitative estimate of drug-likeness (QED) is 0.866. The molecule has 1 heterocycles. The summed E-state index contributed by atoms with van der Waals surface area (Å²) < 4.78 is 0. The molecule has 1 aromatic heterocycles. The van der Waals surface area contributed by atoms with Crippen molar-refractivity contribution in [2.24, 2.45) is 5.73 Å². The third-order valence-corrected chi connectivity index (χ3v) is 4.94. The lowest BCUT2D eigenvalue weighted by Gasteiger charge is -2.32. The first kappa shape index (κ1) is 16.2. The Labute approximate surface area is 132 Å². The molecule has 2 nitrogen and oxygen atoms in total. The highest BCUT2D eigenvalue weighted by Crippen LogP contribution is 2.29. The van der Waals surface area contributed by atoms with Crippen molar-refractivity contribution >= 4 is 11.3 Å². The van der Waals surface area contributed by atoms with Gasteiger partial charge in [0.2, 0.25) is 0 Å². The van der Waals surface area contributed by atoms with E-state index in [1.54, 1.807) is 0 Å². The lowest BCUT2D eigenvalue weighted by Crippen LogP contribution is -2.34. The fourth-order valence-electron chi connectivity index (χ4n) is 3.21. The lowest BCUT2D eigenvalue weighted by atomic mass is 9.93. The van der Waals surface area contributed by atoms with Crippen molar-refractivity contribution in [1.29, 1.82) is 0 Å². The first-order valence-electron chi connectivity index (χ1n) is 7.61. The Hall–Kier alpha value is -1.16. The molecule has 0 aliphatic carbocycles. The molecule has 1 atom stereocenters. The first-order valence-corrected chi connectivity index (χ1v) is 8.49. The molecule has 0 saturated carbocycles. The molecule has 1 unspecified atom stereocenters. The van der Waals surface area contributed by atoms with E-state index < -0.39 is 0 Å². The second-order valence-electron chi connectivity index (χ2n) is 5.71. The summed E-state index contributed by atoms with van der Waals surface area (Å²) in [6.07, 6.45) is 0. The van der Waals surface area contributed by atoms with Crippen LogP contribution < -0.4 is 5.73 Å². The van der Waals surface area contributed by atoms with Gasteiger partial charge in [-0.05, 0) is 55.5 Å². The van der Waals surface area contributed by atoms with E-state index in [1.807, 2.05) is 11.3 Å². The molecule has 2 rings (SSSR count). The Morgan fingerprint density at radius 3 is 2.33 bits per heavy atom. The van der Waals surface area contributed by atoms with Crippen molar-refractivity contribution < 1.29 is 0 Å². The fraction of sp³-hybridized carbons (Fsp3) is 0.444. The number of nitrogens with zero attached hydrogens (tertiary/aromatic N) is 1. The molecule has 0 aliphatic rings. The second kappa shape index (κ2) is 7.21. The average molecular weight is 302 g/mol. The van der Waals surface area contributed by atoms with Crippen molar-refractivity contribution in [1.82, 2.24) is 4.90 Å². The molecule has 2 N–H and O–H groups in total. The number of thiophene rings is 1. The number of hydrogen-bond donors (Lipinski definition) is 1. The molecule has 21 heavy (non-hydrogen) atoms. The molecule has 2 aromatic rings. The zero-order valence-electron chi connectivity index (χ0n) is 13.5. The Morgan fingerprint density at radius 1 is 1.19 bits per heavy atom. The molecule has 0 bridgehead atoms. The molecule has 0 saturated heterocycles. The van der Waals surface area contributed by atoms with Gasteiger partial charge in [-0.15, -0.1) is 11.3 Å². The SMILES string of the molecule is CCN(Cc1cccs1)C(CN)c1c(C)cc(C)cc1C. The van der Waals surface area contributed by atoms with Crippen molar-refractivity contribution in [3.63, 3.8) is 0 Å². The highest BCUT2D eigenvalue weighted by Gasteiger charge is 2.21. The first-order chi connectivity index (χ1) is 10.1. The van der Waals surface area contributed by atoms with Gasteiger partial charge in [-0.2, -0.15) is 0 Å². The third kappa shape index (κ3) is 3.73. The molecular weight excluding hydrogens is 276 g/mol. The summed E-state index contributed by atoms with van der Waals surface area (Å²) in [4.78, 5) is 3.88. The number of aryl methyl sites for hydroxylation is 3. The Kier molecular flexibility index (Phi) is 5.57. The van der Waals surface area contributed by atoms with Gasteiger partial charge in [0, 0.05) is 24.0 Å². The number of benzene rings is 1. The highest BCUT2D eigenvalue weighted by atomic mass is 32.1. The van der Waals surface area contributed by atoms with Crippen LogP contribution in [0.25, 0.3) is 0 Å². The van der Waals surface area contributed by atoms with E-state index in [4.69, 9.17) is 5.73 Å². The molecule has 1 aromatic carbocycles. The summed E-state index contributed by atoms with van der Waals surface area (Å²) in [7, 11) is 0. The van der Waals surface area contributed by atoms with Gasteiger partial charge in [0.05, 0.1) is 0 Å². The summed E-state index contributed by atoms with van der Waals surface area (Å²) in [5.74, 6) is 0. The van der Waals surface area contributed by atoms with E-state index in [1.165, 1.54) is 27.1 Å². The van der Waals surface area contributed by atoms with Gasteiger partial charge in [-0.25, -0.2) is 0 Å². The minimum Gasteiger partial charge on any atom is -0.329 e. The maximum atomic E-state index is 6.15. The smallest absolute Gasteiger partial charge is 0.0479 e. The maximum absolute atomic E-state index is 6.15. The molecule has 3 heteroatoms. The molecule has 0 aliphatic heterocycles. The van der Waals surface area contributed by atoms with E-state index in [0.29, 0.717) is 6.54 Å². The van der Waals surface area contributed by atoms with Crippen LogP contribution in [0.1, 0.15) is 40.1 Å². The van der Waals surface area contributed by atoms with Crippen LogP contribution in [0.15, 0.2) is 29.6 Å². The summed E-state index contributed by atoms with van der Waals surface area (Å²) >= 11 is 1.82. The summed E-state index contributed by atoms with van der Waals surface area (Å²) in [5, 5.41) is 2.14. The van der Waals surface area contributed by atoms with Crippen LogP contribution >= 0.6 is 11.3 Å². The molecule has 0 radical (unpaired) electrons. The summed E-state index contributed by atoms with van der Waals surface area (Å²) in [6.45, 7) is 11.4. The van der Waals surface area contributed by atoms with Crippen molar-refractivity contribution in [2.75, 3.05) is 13.1 Å². The largest absolute Gasteiger partial charge is 0.329 e. The van der Waals surface area contributed by atoms with E-state index in [2.05, 4.69) is 62.2 Å². The molecule has 114 valence electrons. The maximum Gasteiger partial charge on any atom is 0.0479 e. The summed E-state index contributed by atoms with van der Waals surface area (Å²) in [6, 6.07) is 9.15. The molecular formula is C18H26N2S. The number of rotatable bonds is 6. The van der Waals surface area contributed by atoms with Crippen molar-refractivity contribution in [2.45, 2.75) is 40.3 Å².